The summed E-state index contributed by atoms with van der Waals surface area (Å²) in [4.78, 5) is 33.3. The number of amides is 2. The van der Waals surface area contributed by atoms with Crippen molar-refractivity contribution in [1.82, 2.24) is 14.9 Å². The molecule has 30 heavy (non-hydrogen) atoms. The van der Waals surface area contributed by atoms with Crippen molar-refractivity contribution in [3.8, 4) is 0 Å². The van der Waals surface area contributed by atoms with E-state index in [1.165, 1.54) is 18.0 Å². The second-order valence-electron chi connectivity index (χ2n) is 7.01. The van der Waals surface area contributed by atoms with Gasteiger partial charge >= 0.3 is 6.18 Å². The largest absolute Gasteiger partial charge is 0.416 e. The van der Waals surface area contributed by atoms with E-state index in [4.69, 9.17) is 0 Å². The van der Waals surface area contributed by atoms with Crippen LogP contribution in [0.15, 0.2) is 36.4 Å². The second kappa shape index (κ2) is 8.17. The highest BCUT2D eigenvalue weighted by Crippen LogP contribution is 2.32. The van der Waals surface area contributed by atoms with Gasteiger partial charge in [0.1, 0.15) is 5.82 Å². The molecule has 0 aliphatic carbocycles. The number of halogens is 3. The summed E-state index contributed by atoms with van der Waals surface area (Å²) in [7, 11) is 1.48. The normalized spacial score (nSPS) is 11.5. The van der Waals surface area contributed by atoms with Crippen molar-refractivity contribution in [3.63, 3.8) is 0 Å². The number of carbonyl (C=O) groups is 2. The van der Waals surface area contributed by atoms with E-state index in [9.17, 15) is 22.8 Å². The number of imidazole rings is 1. The van der Waals surface area contributed by atoms with Crippen molar-refractivity contribution >= 4 is 28.5 Å². The summed E-state index contributed by atoms with van der Waals surface area (Å²) in [6.45, 7) is 3.58. The number of aryl methyl sites for hydroxylation is 1. The molecule has 0 saturated heterocycles. The predicted octanol–water partition coefficient (Wildman–Crippen LogP) is 4.51. The van der Waals surface area contributed by atoms with Gasteiger partial charge in [-0.25, -0.2) is 4.98 Å². The molecule has 3 rings (SSSR count). The number of nitrogens with zero attached hydrogens (tertiary/aromatic N) is 2. The van der Waals surface area contributed by atoms with Gasteiger partial charge in [-0.05, 0) is 36.8 Å². The number of hydrogen-bond donors (Lipinski definition) is 2. The summed E-state index contributed by atoms with van der Waals surface area (Å²) in [6.07, 6.45) is -4.55. The van der Waals surface area contributed by atoms with Gasteiger partial charge in [0.15, 0.2) is 0 Å². The number of para-hydroxylation sites is 1. The highest BCUT2D eigenvalue weighted by molar-refractivity contribution is 5.97. The van der Waals surface area contributed by atoms with Crippen LogP contribution >= 0.6 is 0 Å². The standard InChI is InChI=1S/C21H21F3N4O2/c1-4-18(29)25-15-9-13(8-14(10-15)21(22,23)24)20(30)28(3)11-17-26-16-7-5-6-12(2)19(16)27-17/h5-10H,4,11H2,1-3H3,(H,25,29)(H,26,27). The van der Waals surface area contributed by atoms with Crippen LogP contribution in [0.1, 0.15) is 40.7 Å². The third kappa shape index (κ3) is 4.61. The molecular formula is C21H21F3N4O2. The zero-order valence-electron chi connectivity index (χ0n) is 16.7. The third-order valence-electron chi connectivity index (χ3n) is 4.61. The number of hydrogen-bond acceptors (Lipinski definition) is 3. The van der Waals surface area contributed by atoms with Crippen LogP contribution in [0.4, 0.5) is 18.9 Å². The molecule has 0 aliphatic heterocycles. The minimum Gasteiger partial charge on any atom is -0.340 e. The number of fused-ring (bicyclic) bond motifs is 1. The number of H-pyrrole nitrogens is 1. The Kier molecular flexibility index (Phi) is 5.82. The molecular weight excluding hydrogens is 397 g/mol. The lowest BCUT2D eigenvalue weighted by atomic mass is 10.1. The van der Waals surface area contributed by atoms with Crippen LogP contribution < -0.4 is 5.32 Å². The minimum absolute atomic E-state index is 0.0761. The first kappa shape index (κ1) is 21.4. The summed E-state index contributed by atoms with van der Waals surface area (Å²) in [6, 6.07) is 8.48. The summed E-state index contributed by atoms with van der Waals surface area (Å²) >= 11 is 0. The number of nitrogens with one attached hydrogen (secondary N) is 2. The number of anilines is 1. The fourth-order valence-electron chi connectivity index (χ4n) is 3.05. The van der Waals surface area contributed by atoms with E-state index in [0.29, 0.717) is 5.82 Å². The Bertz CT molecular complexity index is 1110. The van der Waals surface area contributed by atoms with Crippen LogP contribution in [0.25, 0.3) is 11.0 Å². The Morgan fingerprint density at radius 2 is 1.93 bits per heavy atom. The maximum absolute atomic E-state index is 13.3. The summed E-state index contributed by atoms with van der Waals surface area (Å²) in [5, 5.41) is 2.38. The van der Waals surface area contributed by atoms with E-state index < -0.39 is 23.6 Å². The van der Waals surface area contributed by atoms with Gasteiger partial charge in [-0.15, -0.1) is 0 Å². The fraction of sp³-hybridized carbons (Fsp3) is 0.286. The number of carbonyl (C=O) groups excluding carboxylic acids is 2. The fourth-order valence-corrected chi connectivity index (χ4v) is 3.05. The Morgan fingerprint density at radius 1 is 1.20 bits per heavy atom. The van der Waals surface area contributed by atoms with Gasteiger partial charge in [-0.2, -0.15) is 13.2 Å². The minimum atomic E-state index is -4.66. The van der Waals surface area contributed by atoms with Crippen LogP contribution in [0.2, 0.25) is 0 Å². The van der Waals surface area contributed by atoms with Crippen LogP contribution in [-0.4, -0.2) is 33.7 Å². The molecule has 0 atom stereocenters. The van der Waals surface area contributed by atoms with E-state index >= 15 is 0 Å². The van der Waals surface area contributed by atoms with Gasteiger partial charge in [-0.1, -0.05) is 19.1 Å². The lowest BCUT2D eigenvalue weighted by Gasteiger charge is -2.18. The number of alkyl halides is 3. The van der Waals surface area contributed by atoms with Gasteiger partial charge in [-0.3, -0.25) is 9.59 Å². The predicted molar refractivity (Wildman–Crippen MR) is 107 cm³/mol. The molecule has 0 aliphatic rings. The van der Waals surface area contributed by atoms with E-state index in [-0.39, 0.29) is 24.2 Å². The van der Waals surface area contributed by atoms with Crippen LogP contribution in [0.3, 0.4) is 0 Å². The lowest BCUT2D eigenvalue weighted by molar-refractivity contribution is -0.137. The highest BCUT2D eigenvalue weighted by Gasteiger charge is 2.32. The maximum atomic E-state index is 13.3. The van der Waals surface area contributed by atoms with E-state index in [1.807, 2.05) is 25.1 Å². The second-order valence-corrected chi connectivity index (χ2v) is 7.01. The average molecular weight is 418 g/mol. The van der Waals surface area contributed by atoms with Gasteiger partial charge in [0.2, 0.25) is 5.91 Å². The maximum Gasteiger partial charge on any atom is 0.416 e. The molecule has 158 valence electrons. The Balaban J connectivity index is 1.88. The molecule has 2 amide bonds. The number of rotatable bonds is 5. The summed E-state index contributed by atoms with van der Waals surface area (Å²) in [5.74, 6) is -0.550. The molecule has 2 aromatic carbocycles. The van der Waals surface area contributed by atoms with Crippen molar-refractivity contribution in [2.75, 3.05) is 12.4 Å². The highest BCUT2D eigenvalue weighted by atomic mass is 19.4. The Hall–Kier alpha value is -3.36. The van der Waals surface area contributed by atoms with Gasteiger partial charge in [0.25, 0.3) is 5.91 Å². The van der Waals surface area contributed by atoms with Gasteiger partial charge in [0.05, 0.1) is 23.1 Å². The van der Waals surface area contributed by atoms with Crippen molar-refractivity contribution in [2.45, 2.75) is 33.0 Å². The van der Waals surface area contributed by atoms with Gasteiger partial charge in [0, 0.05) is 24.7 Å². The van der Waals surface area contributed by atoms with Crippen LogP contribution in [0, 0.1) is 6.92 Å². The molecule has 0 fully saturated rings. The molecule has 0 bridgehead atoms. The Labute approximate surface area is 171 Å². The van der Waals surface area contributed by atoms with Crippen molar-refractivity contribution in [1.29, 1.82) is 0 Å². The van der Waals surface area contributed by atoms with Gasteiger partial charge < -0.3 is 15.2 Å². The molecule has 1 heterocycles. The molecule has 3 aromatic rings. The molecule has 0 unspecified atom stereocenters. The smallest absolute Gasteiger partial charge is 0.340 e. The number of aromatic nitrogens is 2. The summed E-state index contributed by atoms with van der Waals surface area (Å²) in [5.41, 5.74) is 1.30. The monoisotopic (exact) mass is 418 g/mol. The molecule has 0 saturated carbocycles. The summed E-state index contributed by atoms with van der Waals surface area (Å²) < 4.78 is 39.8. The van der Waals surface area contributed by atoms with E-state index in [1.54, 1.807) is 6.92 Å². The van der Waals surface area contributed by atoms with Crippen LogP contribution in [0.5, 0.6) is 0 Å². The van der Waals surface area contributed by atoms with Crippen molar-refractivity contribution in [2.24, 2.45) is 0 Å². The lowest BCUT2D eigenvalue weighted by Crippen LogP contribution is -2.27. The number of aromatic amines is 1. The molecule has 1 aromatic heterocycles. The first-order valence-electron chi connectivity index (χ1n) is 9.30. The zero-order chi connectivity index (χ0) is 22.1. The average Bonchev–Trinajstić information content (AvgIpc) is 3.10. The first-order chi connectivity index (χ1) is 14.1. The van der Waals surface area contributed by atoms with E-state index in [0.717, 1.165) is 28.7 Å². The van der Waals surface area contributed by atoms with E-state index in [2.05, 4.69) is 15.3 Å². The molecule has 6 nitrogen and oxygen atoms in total. The zero-order valence-corrected chi connectivity index (χ0v) is 16.7. The van der Waals surface area contributed by atoms with Crippen molar-refractivity contribution < 1.29 is 22.8 Å². The molecule has 0 radical (unpaired) electrons. The van der Waals surface area contributed by atoms with Crippen molar-refractivity contribution in [3.05, 3.63) is 58.9 Å². The topological polar surface area (TPSA) is 78.1 Å². The quantitative estimate of drug-likeness (QED) is 0.640. The molecule has 2 N–H and O–H groups in total. The molecule has 0 spiro atoms. The number of benzene rings is 2. The molecule has 9 heteroatoms. The Morgan fingerprint density at radius 3 is 2.57 bits per heavy atom. The third-order valence-corrected chi connectivity index (χ3v) is 4.61. The van der Waals surface area contributed by atoms with Crippen LogP contribution in [-0.2, 0) is 17.5 Å². The SMILES string of the molecule is CCC(=O)Nc1cc(C(=O)N(C)Cc2nc3c(C)cccc3[nH]2)cc(C(F)(F)F)c1. The first-order valence-corrected chi connectivity index (χ1v) is 9.30.